The highest BCUT2D eigenvalue weighted by Gasteiger charge is 2.15. The molecule has 0 saturated heterocycles. The van der Waals surface area contributed by atoms with Gasteiger partial charge in [-0.05, 0) is 35.7 Å². The number of carbonyl (C=O) groups is 1. The van der Waals surface area contributed by atoms with Crippen molar-refractivity contribution in [3.8, 4) is 10.4 Å². The second-order valence-electron chi connectivity index (χ2n) is 7.54. The monoisotopic (exact) mass is 466 g/mol. The predicted octanol–water partition coefficient (Wildman–Crippen LogP) is 4.34. The van der Waals surface area contributed by atoms with Crippen LogP contribution in [0.2, 0.25) is 0 Å². The molecule has 4 rings (SSSR count). The first-order valence-corrected chi connectivity index (χ1v) is 12.4. The Kier molecular flexibility index (Phi) is 7.14. The lowest BCUT2D eigenvalue weighted by Crippen LogP contribution is -2.32. The average Bonchev–Trinajstić information content (AvgIpc) is 3.49. The molecule has 1 N–H and O–H groups in total. The summed E-state index contributed by atoms with van der Waals surface area (Å²) in [5.41, 5.74) is 2.99. The molecule has 1 aromatic carbocycles. The highest BCUT2D eigenvalue weighted by atomic mass is 32.1. The molecule has 0 spiro atoms. The van der Waals surface area contributed by atoms with Crippen LogP contribution in [-0.2, 0) is 24.4 Å². The van der Waals surface area contributed by atoms with Crippen LogP contribution < -0.4 is 10.9 Å². The summed E-state index contributed by atoms with van der Waals surface area (Å²) in [4.78, 5) is 34.0. The Hall–Kier alpha value is -2.81. The molecule has 0 bridgehead atoms. The normalized spacial score (nSPS) is 11.3. The van der Waals surface area contributed by atoms with Gasteiger partial charge in [-0.2, -0.15) is 0 Å². The van der Waals surface area contributed by atoms with Crippen LogP contribution in [0.3, 0.4) is 0 Å². The Morgan fingerprint density at radius 1 is 1.09 bits per heavy atom. The lowest BCUT2D eigenvalue weighted by atomic mass is 10.1. The third-order valence-corrected chi connectivity index (χ3v) is 7.26. The maximum atomic E-state index is 13.0. The molecule has 4 aromatic rings. The summed E-state index contributed by atoms with van der Waals surface area (Å²) in [6.45, 7) is 7.66. The van der Waals surface area contributed by atoms with Crippen molar-refractivity contribution < 1.29 is 4.79 Å². The van der Waals surface area contributed by atoms with Gasteiger partial charge in [-0.1, -0.05) is 44.2 Å². The minimum atomic E-state index is -0.214. The topological polar surface area (TPSA) is 67.2 Å². The molecule has 32 heavy (non-hydrogen) atoms. The fourth-order valence-electron chi connectivity index (χ4n) is 3.57. The van der Waals surface area contributed by atoms with E-state index in [1.54, 1.807) is 11.3 Å². The average molecular weight is 467 g/mol. The summed E-state index contributed by atoms with van der Waals surface area (Å²) < 4.78 is 1.38. The first kappa shape index (κ1) is 22.4. The maximum Gasteiger partial charge on any atom is 0.263 e. The fourth-order valence-corrected chi connectivity index (χ4v) is 5.29. The van der Waals surface area contributed by atoms with E-state index in [1.165, 1.54) is 27.8 Å². The number of benzene rings is 1. The van der Waals surface area contributed by atoms with Crippen LogP contribution >= 0.6 is 22.7 Å². The van der Waals surface area contributed by atoms with Gasteiger partial charge >= 0.3 is 0 Å². The molecule has 6 nitrogen and oxygen atoms in total. The SMILES string of the molecule is CCN(CC)Cc1ccc(CNC(=O)Cn2cnc3scc(-c4cccs4)c3c2=O)cc1. The molecule has 8 heteroatoms. The minimum Gasteiger partial charge on any atom is -0.350 e. The quantitative estimate of drug-likeness (QED) is 0.398. The number of hydrogen-bond donors (Lipinski definition) is 1. The summed E-state index contributed by atoms with van der Waals surface area (Å²) in [5, 5.41) is 7.43. The van der Waals surface area contributed by atoms with E-state index < -0.39 is 0 Å². The van der Waals surface area contributed by atoms with Gasteiger partial charge in [-0.25, -0.2) is 4.98 Å². The molecule has 0 aliphatic heterocycles. The number of fused-ring (bicyclic) bond motifs is 1. The first-order valence-electron chi connectivity index (χ1n) is 10.7. The number of hydrogen-bond acceptors (Lipinski definition) is 6. The number of amides is 1. The molecule has 0 fully saturated rings. The standard InChI is InChI=1S/C24H26N4O2S2/c1-3-27(4-2)13-18-9-7-17(8-10-18)12-25-21(29)14-28-16-26-23-22(24(28)30)19(15-32-23)20-6-5-11-31-20/h5-11,15-16H,3-4,12-14H2,1-2H3,(H,25,29). The van der Waals surface area contributed by atoms with E-state index in [0.717, 1.165) is 35.6 Å². The van der Waals surface area contributed by atoms with Gasteiger partial charge in [-0.3, -0.25) is 19.1 Å². The van der Waals surface area contributed by atoms with Crippen molar-refractivity contribution in [3.05, 3.63) is 75.0 Å². The van der Waals surface area contributed by atoms with Crippen molar-refractivity contribution in [1.82, 2.24) is 19.8 Å². The molecule has 1 amide bonds. The van der Waals surface area contributed by atoms with E-state index in [9.17, 15) is 9.59 Å². The minimum absolute atomic E-state index is 0.0540. The van der Waals surface area contributed by atoms with Gasteiger partial charge in [0, 0.05) is 28.9 Å². The van der Waals surface area contributed by atoms with E-state index in [0.29, 0.717) is 16.8 Å². The number of rotatable bonds is 9. The summed E-state index contributed by atoms with van der Waals surface area (Å²) in [6, 6.07) is 12.2. The van der Waals surface area contributed by atoms with Gasteiger partial charge in [-0.15, -0.1) is 22.7 Å². The smallest absolute Gasteiger partial charge is 0.263 e. The van der Waals surface area contributed by atoms with Crippen LogP contribution in [0.5, 0.6) is 0 Å². The first-order chi connectivity index (χ1) is 15.6. The molecule has 0 radical (unpaired) electrons. The largest absolute Gasteiger partial charge is 0.350 e. The summed E-state index contributed by atoms with van der Waals surface area (Å²) in [6.07, 6.45) is 1.46. The van der Waals surface area contributed by atoms with Crippen molar-refractivity contribution in [2.24, 2.45) is 0 Å². The zero-order chi connectivity index (χ0) is 22.5. The number of nitrogens with one attached hydrogen (secondary N) is 1. The zero-order valence-electron chi connectivity index (χ0n) is 18.2. The highest BCUT2D eigenvalue weighted by molar-refractivity contribution is 7.18. The van der Waals surface area contributed by atoms with Crippen LogP contribution in [0.1, 0.15) is 25.0 Å². The molecule has 0 atom stereocenters. The van der Waals surface area contributed by atoms with E-state index in [2.05, 4.69) is 41.2 Å². The van der Waals surface area contributed by atoms with Gasteiger partial charge in [0.15, 0.2) is 0 Å². The van der Waals surface area contributed by atoms with Crippen LogP contribution in [0.25, 0.3) is 20.7 Å². The van der Waals surface area contributed by atoms with Crippen molar-refractivity contribution in [1.29, 1.82) is 0 Å². The Balaban J connectivity index is 1.41. The third-order valence-electron chi connectivity index (χ3n) is 5.47. The predicted molar refractivity (Wildman–Crippen MR) is 132 cm³/mol. The Labute approximate surface area is 195 Å². The van der Waals surface area contributed by atoms with Gasteiger partial charge in [0.25, 0.3) is 5.56 Å². The number of nitrogens with zero attached hydrogens (tertiary/aromatic N) is 3. The molecular weight excluding hydrogens is 440 g/mol. The lowest BCUT2D eigenvalue weighted by molar-refractivity contribution is -0.121. The molecule has 0 aliphatic carbocycles. The lowest BCUT2D eigenvalue weighted by Gasteiger charge is -2.18. The van der Waals surface area contributed by atoms with E-state index in [-0.39, 0.29) is 18.0 Å². The second kappa shape index (κ2) is 10.2. The molecular formula is C24H26N4O2S2. The Bertz CT molecular complexity index is 1240. The Morgan fingerprint density at radius 3 is 2.53 bits per heavy atom. The van der Waals surface area contributed by atoms with E-state index in [1.807, 2.05) is 35.0 Å². The van der Waals surface area contributed by atoms with Gasteiger partial charge in [0.2, 0.25) is 5.91 Å². The molecule has 3 aromatic heterocycles. The number of aromatic nitrogens is 2. The summed E-state index contributed by atoms with van der Waals surface area (Å²) >= 11 is 3.03. The van der Waals surface area contributed by atoms with Gasteiger partial charge in [0.05, 0.1) is 11.7 Å². The van der Waals surface area contributed by atoms with E-state index >= 15 is 0 Å². The molecule has 0 aliphatic rings. The van der Waals surface area contributed by atoms with Crippen molar-refractivity contribution in [2.45, 2.75) is 33.5 Å². The number of thiophene rings is 2. The van der Waals surface area contributed by atoms with Crippen molar-refractivity contribution in [3.63, 3.8) is 0 Å². The van der Waals surface area contributed by atoms with E-state index in [4.69, 9.17) is 0 Å². The molecule has 0 unspecified atom stereocenters. The van der Waals surface area contributed by atoms with Gasteiger partial charge in [0.1, 0.15) is 11.4 Å². The molecule has 166 valence electrons. The summed E-state index contributed by atoms with van der Waals surface area (Å²) in [5.74, 6) is -0.214. The highest BCUT2D eigenvalue weighted by Crippen LogP contribution is 2.33. The van der Waals surface area contributed by atoms with Crippen LogP contribution in [0.15, 0.2) is 58.3 Å². The van der Waals surface area contributed by atoms with Crippen LogP contribution in [0, 0.1) is 0 Å². The van der Waals surface area contributed by atoms with Crippen molar-refractivity contribution >= 4 is 38.8 Å². The molecule has 0 saturated carbocycles. The Morgan fingerprint density at radius 2 is 1.84 bits per heavy atom. The zero-order valence-corrected chi connectivity index (χ0v) is 19.8. The van der Waals surface area contributed by atoms with Crippen LogP contribution in [-0.4, -0.2) is 33.4 Å². The van der Waals surface area contributed by atoms with Crippen LogP contribution in [0.4, 0.5) is 0 Å². The van der Waals surface area contributed by atoms with Gasteiger partial charge < -0.3 is 5.32 Å². The third kappa shape index (κ3) is 4.98. The number of carbonyl (C=O) groups excluding carboxylic acids is 1. The second-order valence-corrected chi connectivity index (χ2v) is 9.34. The summed E-state index contributed by atoms with van der Waals surface area (Å²) in [7, 11) is 0. The molecule has 3 heterocycles. The van der Waals surface area contributed by atoms with Crippen molar-refractivity contribution in [2.75, 3.05) is 13.1 Å². The maximum absolute atomic E-state index is 13.0. The fraction of sp³-hybridized carbons (Fsp3) is 0.292.